The first kappa shape index (κ1) is 17.9. The second kappa shape index (κ2) is 8.46. The van der Waals surface area contributed by atoms with E-state index in [1.165, 1.54) is 17.5 Å². The summed E-state index contributed by atoms with van der Waals surface area (Å²) in [6, 6.07) is 23.5. The van der Waals surface area contributed by atoms with Gasteiger partial charge in [0.1, 0.15) is 0 Å². The SMILES string of the molecule is C=CCN1[C@H]([C@@H](C)N(Cc2ccccc2)Cc2ccccc2)[C@@H]1CC. The van der Waals surface area contributed by atoms with Gasteiger partial charge in [0, 0.05) is 37.8 Å². The van der Waals surface area contributed by atoms with Crippen molar-refractivity contribution in [3.05, 3.63) is 84.4 Å². The van der Waals surface area contributed by atoms with Gasteiger partial charge in [0.05, 0.1) is 0 Å². The largest absolute Gasteiger partial charge is 0.291 e. The first-order valence-corrected chi connectivity index (χ1v) is 9.43. The third-order valence-corrected chi connectivity index (χ3v) is 5.40. The summed E-state index contributed by atoms with van der Waals surface area (Å²) in [6.07, 6.45) is 3.25. The molecule has 2 nitrogen and oxygen atoms in total. The molecule has 132 valence electrons. The molecule has 0 amide bonds. The molecule has 1 saturated heterocycles. The topological polar surface area (TPSA) is 6.25 Å². The van der Waals surface area contributed by atoms with Crippen molar-refractivity contribution in [2.24, 2.45) is 0 Å². The minimum Gasteiger partial charge on any atom is -0.291 e. The molecule has 0 aliphatic carbocycles. The van der Waals surface area contributed by atoms with E-state index in [1.807, 2.05) is 6.08 Å². The Hall–Kier alpha value is -1.90. The van der Waals surface area contributed by atoms with Crippen molar-refractivity contribution in [2.45, 2.75) is 51.5 Å². The molecule has 1 unspecified atom stereocenters. The van der Waals surface area contributed by atoms with Crippen molar-refractivity contribution in [3.8, 4) is 0 Å². The molecule has 1 heterocycles. The van der Waals surface area contributed by atoms with E-state index in [-0.39, 0.29) is 0 Å². The van der Waals surface area contributed by atoms with E-state index < -0.39 is 0 Å². The molecule has 0 saturated carbocycles. The summed E-state index contributed by atoms with van der Waals surface area (Å²) >= 11 is 0. The van der Waals surface area contributed by atoms with Gasteiger partial charge in [-0.15, -0.1) is 6.58 Å². The van der Waals surface area contributed by atoms with Crippen LogP contribution in [0.4, 0.5) is 0 Å². The van der Waals surface area contributed by atoms with E-state index in [0.29, 0.717) is 18.1 Å². The van der Waals surface area contributed by atoms with Crippen LogP contribution in [0.5, 0.6) is 0 Å². The van der Waals surface area contributed by atoms with Crippen LogP contribution in [-0.4, -0.2) is 34.5 Å². The zero-order valence-electron chi connectivity index (χ0n) is 15.5. The molecule has 0 radical (unpaired) electrons. The molecular weight excluding hydrogens is 304 g/mol. The van der Waals surface area contributed by atoms with Crippen LogP contribution in [0.1, 0.15) is 31.4 Å². The molecule has 3 rings (SSSR count). The van der Waals surface area contributed by atoms with E-state index in [1.54, 1.807) is 0 Å². The molecule has 0 N–H and O–H groups in total. The van der Waals surface area contributed by atoms with Gasteiger partial charge in [0.25, 0.3) is 0 Å². The molecule has 2 aromatic rings. The average Bonchev–Trinajstić information content (AvgIpc) is 3.35. The lowest BCUT2D eigenvalue weighted by atomic mass is 10.1. The molecule has 4 atom stereocenters. The quantitative estimate of drug-likeness (QED) is 0.483. The molecule has 2 aromatic carbocycles. The Morgan fingerprint density at radius 3 is 1.96 bits per heavy atom. The molecule has 0 aromatic heterocycles. The first-order valence-electron chi connectivity index (χ1n) is 9.43. The van der Waals surface area contributed by atoms with E-state index in [2.05, 4.69) is 90.9 Å². The van der Waals surface area contributed by atoms with Crippen molar-refractivity contribution >= 4 is 0 Å². The number of hydrogen-bond acceptors (Lipinski definition) is 2. The smallest absolute Gasteiger partial charge is 0.0411 e. The molecule has 2 heteroatoms. The maximum Gasteiger partial charge on any atom is 0.0411 e. The van der Waals surface area contributed by atoms with Gasteiger partial charge < -0.3 is 0 Å². The van der Waals surface area contributed by atoms with Crippen LogP contribution in [0.3, 0.4) is 0 Å². The molecule has 25 heavy (non-hydrogen) atoms. The lowest BCUT2D eigenvalue weighted by Gasteiger charge is -2.30. The zero-order valence-corrected chi connectivity index (χ0v) is 15.5. The summed E-state index contributed by atoms with van der Waals surface area (Å²) < 4.78 is 0. The normalized spacial score (nSPS) is 23.4. The summed E-state index contributed by atoms with van der Waals surface area (Å²) in [6.45, 7) is 11.6. The van der Waals surface area contributed by atoms with Gasteiger partial charge in [-0.25, -0.2) is 0 Å². The number of nitrogens with zero attached hydrogens (tertiary/aromatic N) is 2. The van der Waals surface area contributed by atoms with E-state index in [0.717, 1.165) is 19.6 Å². The molecule has 1 fully saturated rings. The monoisotopic (exact) mass is 334 g/mol. The van der Waals surface area contributed by atoms with Crippen molar-refractivity contribution in [1.82, 2.24) is 9.80 Å². The van der Waals surface area contributed by atoms with E-state index in [9.17, 15) is 0 Å². The fraction of sp³-hybridized carbons (Fsp3) is 0.391. The predicted octanol–water partition coefficient (Wildman–Crippen LogP) is 4.73. The maximum absolute atomic E-state index is 3.93. The molecule has 1 aliphatic rings. The molecular formula is C23H30N2. The Kier molecular flexibility index (Phi) is 6.06. The van der Waals surface area contributed by atoms with Crippen molar-refractivity contribution in [1.29, 1.82) is 0 Å². The summed E-state index contributed by atoms with van der Waals surface area (Å²) in [4.78, 5) is 5.21. The summed E-state index contributed by atoms with van der Waals surface area (Å²) in [7, 11) is 0. The van der Waals surface area contributed by atoms with Gasteiger partial charge in [-0.1, -0.05) is 73.7 Å². The number of hydrogen-bond donors (Lipinski definition) is 0. The molecule has 0 spiro atoms. The van der Waals surface area contributed by atoms with Gasteiger partial charge >= 0.3 is 0 Å². The van der Waals surface area contributed by atoms with Crippen LogP contribution in [0.2, 0.25) is 0 Å². The fourth-order valence-corrected chi connectivity index (χ4v) is 4.03. The lowest BCUT2D eigenvalue weighted by molar-refractivity contribution is 0.175. The van der Waals surface area contributed by atoms with Crippen LogP contribution >= 0.6 is 0 Å². The summed E-state index contributed by atoms with van der Waals surface area (Å²) in [5.41, 5.74) is 2.77. The molecule has 1 aliphatic heterocycles. The Morgan fingerprint density at radius 1 is 1.00 bits per heavy atom. The van der Waals surface area contributed by atoms with Crippen molar-refractivity contribution < 1.29 is 0 Å². The van der Waals surface area contributed by atoms with Crippen LogP contribution in [0.15, 0.2) is 73.3 Å². The Morgan fingerprint density at radius 2 is 1.52 bits per heavy atom. The summed E-state index contributed by atoms with van der Waals surface area (Å²) in [5.74, 6) is 0. The second-order valence-electron chi connectivity index (χ2n) is 7.07. The second-order valence-corrected chi connectivity index (χ2v) is 7.07. The average molecular weight is 335 g/mol. The molecule has 0 bridgehead atoms. The fourth-order valence-electron chi connectivity index (χ4n) is 4.03. The Balaban J connectivity index is 1.76. The van der Waals surface area contributed by atoms with E-state index >= 15 is 0 Å². The Bertz CT molecular complexity index is 611. The van der Waals surface area contributed by atoms with Crippen molar-refractivity contribution in [3.63, 3.8) is 0 Å². The maximum atomic E-state index is 3.93. The summed E-state index contributed by atoms with van der Waals surface area (Å²) in [5, 5.41) is 0. The van der Waals surface area contributed by atoms with Crippen LogP contribution in [0.25, 0.3) is 0 Å². The minimum absolute atomic E-state index is 0.519. The van der Waals surface area contributed by atoms with Gasteiger partial charge in [0.15, 0.2) is 0 Å². The number of rotatable bonds is 9. The van der Waals surface area contributed by atoms with Gasteiger partial charge in [0.2, 0.25) is 0 Å². The van der Waals surface area contributed by atoms with Crippen LogP contribution in [-0.2, 0) is 13.1 Å². The highest BCUT2D eigenvalue weighted by atomic mass is 15.4. The lowest BCUT2D eigenvalue weighted by Crippen LogP contribution is -2.37. The zero-order chi connectivity index (χ0) is 17.6. The third-order valence-electron chi connectivity index (χ3n) is 5.40. The van der Waals surface area contributed by atoms with E-state index in [4.69, 9.17) is 0 Å². The highest BCUT2D eigenvalue weighted by Crippen LogP contribution is 2.36. The van der Waals surface area contributed by atoms with Gasteiger partial charge in [-0.3, -0.25) is 9.80 Å². The first-order chi connectivity index (χ1) is 12.2. The third kappa shape index (κ3) is 4.39. The Labute approximate surface area is 152 Å². The van der Waals surface area contributed by atoms with Gasteiger partial charge in [-0.05, 0) is 24.5 Å². The highest BCUT2D eigenvalue weighted by Gasteiger charge is 2.49. The highest BCUT2D eigenvalue weighted by molar-refractivity contribution is 5.18. The van der Waals surface area contributed by atoms with Crippen LogP contribution < -0.4 is 0 Å². The standard InChI is InChI=1S/C23H30N2/c1-4-16-25-22(5-2)23(25)19(3)24(17-20-12-8-6-9-13-20)18-21-14-10-7-11-15-21/h4,6-15,19,22-23H,1,5,16-18H2,2-3H3/t19-,22+,23-,25?/m1/s1. The predicted molar refractivity (Wildman–Crippen MR) is 106 cm³/mol. The van der Waals surface area contributed by atoms with Crippen LogP contribution in [0, 0.1) is 0 Å². The van der Waals surface area contributed by atoms with Crippen molar-refractivity contribution in [2.75, 3.05) is 6.54 Å². The minimum atomic E-state index is 0.519. The van der Waals surface area contributed by atoms with Gasteiger partial charge in [-0.2, -0.15) is 0 Å². The number of benzene rings is 2.